The molecular weight excluding hydrogens is 202 g/mol. The molecular formula is C12H19N3O. The molecule has 2 N–H and O–H groups in total. The van der Waals surface area contributed by atoms with Crippen molar-refractivity contribution in [3.8, 4) is 0 Å². The van der Waals surface area contributed by atoms with E-state index in [4.69, 9.17) is 0 Å². The van der Waals surface area contributed by atoms with Gasteiger partial charge in [0.1, 0.15) is 0 Å². The zero-order valence-corrected chi connectivity index (χ0v) is 9.92. The number of rotatable bonds is 5. The summed E-state index contributed by atoms with van der Waals surface area (Å²) in [6, 6.07) is 1.95. The van der Waals surface area contributed by atoms with Crippen molar-refractivity contribution >= 4 is 11.7 Å². The Bertz CT molecular complexity index is 368. The summed E-state index contributed by atoms with van der Waals surface area (Å²) in [5.74, 6) is 1.48. The van der Waals surface area contributed by atoms with Crippen molar-refractivity contribution in [3.63, 3.8) is 0 Å². The Labute approximate surface area is 95.8 Å². The van der Waals surface area contributed by atoms with Crippen molar-refractivity contribution in [2.24, 2.45) is 5.92 Å². The maximum Gasteiger partial charge on any atom is 0.228 e. The summed E-state index contributed by atoms with van der Waals surface area (Å²) in [5.41, 5.74) is 1.10. The molecule has 0 radical (unpaired) electrons. The van der Waals surface area contributed by atoms with E-state index >= 15 is 0 Å². The van der Waals surface area contributed by atoms with Gasteiger partial charge in [0.15, 0.2) is 5.82 Å². The van der Waals surface area contributed by atoms with Crippen LogP contribution in [-0.4, -0.2) is 16.1 Å². The Balaban J connectivity index is 1.93. The lowest BCUT2D eigenvalue weighted by Crippen LogP contribution is -2.13. The molecule has 1 saturated carbocycles. The van der Waals surface area contributed by atoms with E-state index < -0.39 is 0 Å². The summed E-state index contributed by atoms with van der Waals surface area (Å²) >= 11 is 0. The molecule has 4 heteroatoms. The second-order valence-electron chi connectivity index (χ2n) is 4.66. The van der Waals surface area contributed by atoms with Crippen LogP contribution in [0.5, 0.6) is 0 Å². The van der Waals surface area contributed by atoms with Gasteiger partial charge in [0.05, 0.1) is 0 Å². The van der Waals surface area contributed by atoms with Crippen LogP contribution < -0.4 is 5.32 Å². The first-order valence-corrected chi connectivity index (χ1v) is 6.07. The van der Waals surface area contributed by atoms with Gasteiger partial charge in [-0.3, -0.25) is 9.89 Å². The van der Waals surface area contributed by atoms with Crippen LogP contribution in [0.2, 0.25) is 0 Å². The summed E-state index contributed by atoms with van der Waals surface area (Å²) < 4.78 is 0. The molecule has 1 amide bonds. The lowest BCUT2D eigenvalue weighted by atomic mass is 10.0. The van der Waals surface area contributed by atoms with Gasteiger partial charge in [-0.25, -0.2) is 0 Å². The predicted molar refractivity (Wildman–Crippen MR) is 63.3 cm³/mol. The smallest absolute Gasteiger partial charge is 0.228 e. The minimum absolute atomic E-state index is 0.112. The Kier molecular flexibility index (Phi) is 3.27. The number of nitrogens with zero attached hydrogens (tertiary/aromatic N) is 1. The molecule has 2 rings (SSSR count). The molecule has 1 aromatic rings. The number of hydrogen-bond donors (Lipinski definition) is 2. The Morgan fingerprint density at radius 3 is 3.06 bits per heavy atom. The van der Waals surface area contributed by atoms with Crippen molar-refractivity contribution in [2.45, 2.75) is 45.4 Å². The van der Waals surface area contributed by atoms with Gasteiger partial charge in [-0.2, -0.15) is 5.10 Å². The third-order valence-electron chi connectivity index (χ3n) is 3.05. The topological polar surface area (TPSA) is 57.8 Å². The van der Waals surface area contributed by atoms with Crippen LogP contribution in [0.15, 0.2) is 6.07 Å². The average Bonchev–Trinajstić information content (AvgIpc) is 3.00. The highest BCUT2D eigenvalue weighted by molar-refractivity contribution is 5.93. The van der Waals surface area contributed by atoms with E-state index in [-0.39, 0.29) is 11.8 Å². The number of aromatic nitrogens is 2. The van der Waals surface area contributed by atoms with Crippen LogP contribution >= 0.6 is 0 Å². The standard InChI is InChI=1S/C12H19N3O/c1-3-4-8(2)10-7-11(15-14-10)13-12(16)9-5-6-9/h7-9H,3-6H2,1-2H3,(H2,13,14,15,16). The molecule has 1 atom stereocenters. The number of amides is 1. The predicted octanol–water partition coefficient (Wildman–Crippen LogP) is 2.66. The summed E-state index contributed by atoms with van der Waals surface area (Å²) in [6.07, 6.45) is 4.34. The third-order valence-corrected chi connectivity index (χ3v) is 3.05. The molecule has 88 valence electrons. The number of aromatic amines is 1. The van der Waals surface area contributed by atoms with E-state index in [1.807, 2.05) is 6.07 Å². The number of carbonyl (C=O) groups is 1. The minimum atomic E-state index is 0.112. The number of carbonyl (C=O) groups excluding carboxylic acids is 1. The monoisotopic (exact) mass is 221 g/mol. The molecule has 1 heterocycles. The summed E-state index contributed by atoms with van der Waals surface area (Å²) in [4.78, 5) is 11.5. The maximum atomic E-state index is 11.5. The van der Waals surface area contributed by atoms with Crippen LogP contribution in [0.1, 0.15) is 51.1 Å². The second-order valence-corrected chi connectivity index (χ2v) is 4.66. The molecule has 4 nitrogen and oxygen atoms in total. The second kappa shape index (κ2) is 4.68. The largest absolute Gasteiger partial charge is 0.309 e. The quantitative estimate of drug-likeness (QED) is 0.803. The van der Waals surface area contributed by atoms with Crippen molar-refractivity contribution in [1.82, 2.24) is 10.2 Å². The van der Waals surface area contributed by atoms with Gasteiger partial charge in [0.2, 0.25) is 5.91 Å². The summed E-state index contributed by atoms with van der Waals surface area (Å²) in [7, 11) is 0. The fourth-order valence-corrected chi connectivity index (χ4v) is 1.82. The molecule has 1 fully saturated rings. The highest BCUT2D eigenvalue weighted by Crippen LogP contribution is 2.30. The zero-order chi connectivity index (χ0) is 11.5. The van der Waals surface area contributed by atoms with E-state index in [2.05, 4.69) is 29.4 Å². The van der Waals surface area contributed by atoms with Crippen LogP contribution in [0, 0.1) is 5.92 Å². The van der Waals surface area contributed by atoms with Crippen LogP contribution in [0.25, 0.3) is 0 Å². The van der Waals surface area contributed by atoms with Gasteiger partial charge >= 0.3 is 0 Å². The summed E-state index contributed by atoms with van der Waals surface area (Å²) in [5, 5.41) is 9.94. The number of hydrogen-bond acceptors (Lipinski definition) is 2. The van der Waals surface area contributed by atoms with E-state index in [0.717, 1.165) is 31.4 Å². The van der Waals surface area contributed by atoms with Gasteiger partial charge in [-0.15, -0.1) is 0 Å². The minimum Gasteiger partial charge on any atom is -0.309 e. The van der Waals surface area contributed by atoms with Crippen molar-refractivity contribution in [2.75, 3.05) is 5.32 Å². The molecule has 0 saturated heterocycles. The molecule has 1 aromatic heterocycles. The number of nitrogens with one attached hydrogen (secondary N) is 2. The van der Waals surface area contributed by atoms with Crippen LogP contribution in [0.4, 0.5) is 5.82 Å². The van der Waals surface area contributed by atoms with Crippen LogP contribution in [0.3, 0.4) is 0 Å². The van der Waals surface area contributed by atoms with Gasteiger partial charge in [-0.05, 0) is 25.2 Å². The fraction of sp³-hybridized carbons (Fsp3) is 0.667. The Morgan fingerprint density at radius 1 is 1.69 bits per heavy atom. The fourth-order valence-electron chi connectivity index (χ4n) is 1.82. The van der Waals surface area contributed by atoms with Gasteiger partial charge in [-0.1, -0.05) is 20.3 Å². The molecule has 0 spiro atoms. The van der Waals surface area contributed by atoms with E-state index in [0.29, 0.717) is 11.7 Å². The van der Waals surface area contributed by atoms with Crippen molar-refractivity contribution in [3.05, 3.63) is 11.8 Å². The lowest BCUT2D eigenvalue weighted by Gasteiger charge is -2.05. The molecule has 1 unspecified atom stereocenters. The molecule has 1 aliphatic rings. The average molecular weight is 221 g/mol. The van der Waals surface area contributed by atoms with Crippen molar-refractivity contribution in [1.29, 1.82) is 0 Å². The van der Waals surface area contributed by atoms with Gasteiger partial charge in [0, 0.05) is 17.7 Å². The van der Waals surface area contributed by atoms with E-state index in [1.165, 1.54) is 0 Å². The molecule has 1 aliphatic carbocycles. The van der Waals surface area contributed by atoms with Crippen molar-refractivity contribution < 1.29 is 4.79 Å². The lowest BCUT2D eigenvalue weighted by molar-refractivity contribution is -0.117. The molecule has 16 heavy (non-hydrogen) atoms. The summed E-state index contributed by atoms with van der Waals surface area (Å²) in [6.45, 7) is 4.34. The first-order chi connectivity index (χ1) is 7.70. The van der Waals surface area contributed by atoms with Gasteiger partial charge in [0.25, 0.3) is 0 Å². The highest BCUT2D eigenvalue weighted by atomic mass is 16.2. The number of anilines is 1. The number of H-pyrrole nitrogens is 1. The van der Waals surface area contributed by atoms with E-state index in [9.17, 15) is 4.79 Å². The maximum absolute atomic E-state index is 11.5. The van der Waals surface area contributed by atoms with Gasteiger partial charge < -0.3 is 5.32 Å². The molecule has 0 bridgehead atoms. The Hall–Kier alpha value is -1.32. The normalized spacial score (nSPS) is 17.1. The molecule has 0 aromatic carbocycles. The van der Waals surface area contributed by atoms with E-state index in [1.54, 1.807) is 0 Å². The van der Waals surface area contributed by atoms with Crippen LogP contribution in [-0.2, 0) is 4.79 Å². The third kappa shape index (κ3) is 2.62. The first kappa shape index (κ1) is 11.2. The Morgan fingerprint density at radius 2 is 2.44 bits per heavy atom. The SMILES string of the molecule is CCCC(C)c1cc(NC(=O)C2CC2)n[nH]1. The highest BCUT2D eigenvalue weighted by Gasteiger charge is 2.30. The zero-order valence-electron chi connectivity index (χ0n) is 9.92. The first-order valence-electron chi connectivity index (χ1n) is 6.07. The molecule has 0 aliphatic heterocycles.